The number of hydrogen-bond donors (Lipinski definition) is 2. The summed E-state index contributed by atoms with van der Waals surface area (Å²) in [7, 11) is -4.22. The van der Waals surface area contributed by atoms with Crippen LogP contribution in [0.15, 0.2) is 82.4 Å². The Hall–Kier alpha value is -4.29. The fourth-order valence-electron chi connectivity index (χ4n) is 3.31. The highest BCUT2D eigenvalue weighted by atomic mass is 32.2. The molecule has 12 heteroatoms. The molecule has 4 rings (SSSR count). The molecule has 11 nitrogen and oxygen atoms in total. The van der Waals surface area contributed by atoms with Crippen LogP contribution in [0.25, 0.3) is 10.9 Å². The number of fused-ring (bicyclic) bond motifs is 1. The molecule has 2 N–H and O–H groups in total. The van der Waals surface area contributed by atoms with Gasteiger partial charge < -0.3 is 14.5 Å². The van der Waals surface area contributed by atoms with Gasteiger partial charge >= 0.3 is 5.97 Å². The number of furan rings is 1. The number of aromatic nitrogens is 1. The lowest BCUT2D eigenvalue weighted by atomic mass is 10.1. The van der Waals surface area contributed by atoms with E-state index in [0.29, 0.717) is 16.8 Å². The van der Waals surface area contributed by atoms with E-state index in [4.69, 9.17) is 9.15 Å². The van der Waals surface area contributed by atoms with Gasteiger partial charge in [0, 0.05) is 23.2 Å². The van der Waals surface area contributed by atoms with Crippen molar-refractivity contribution in [2.45, 2.75) is 18.0 Å². The van der Waals surface area contributed by atoms with E-state index in [-0.39, 0.29) is 23.7 Å². The summed E-state index contributed by atoms with van der Waals surface area (Å²) in [5, 5.41) is 15.2. The molecule has 0 bridgehead atoms. The van der Waals surface area contributed by atoms with E-state index in [9.17, 15) is 23.3 Å². The number of nitrogens with one attached hydrogen (secondary N) is 2. The molecular formula is C23H20N4O7S. The number of sulfonamides is 1. The Balaban J connectivity index is 1.39. The first-order valence-electron chi connectivity index (χ1n) is 10.4. The number of nitro groups is 1. The molecule has 180 valence electrons. The smallest absolute Gasteiger partial charge is 0.321 e. The summed E-state index contributed by atoms with van der Waals surface area (Å²) in [4.78, 5) is 26.9. The number of hydrogen-bond acceptors (Lipinski definition) is 9. The van der Waals surface area contributed by atoms with Gasteiger partial charge in [-0.1, -0.05) is 24.3 Å². The maximum atomic E-state index is 12.6. The van der Waals surface area contributed by atoms with Crippen LogP contribution in [0.3, 0.4) is 0 Å². The Bertz CT molecular complexity index is 1470. The first kappa shape index (κ1) is 23.9. The van der Waals surface area contributed by atoms with Crippen LogP contribution in [-0.4, -0.2) is 30.8 Å². The predicted octanol–water partition coefficient (Wildman–Crippen LogP) is 3.37. The molecule has 0 aliphatic carbocycles. The number of benzene rings is 2. The minimum atomic E-state index is -4.22. The quantitative estimate of drug-likeness (QED) is 0.191. The molecule has 0 radical (unpaired) electrons. The Labute approximate surface area is 199 Å². The van der Waals surface area contributed by atoms with Crippen molar-refractivity contribution in [1.82, 2.24) is 9.71 Å². The van der Waals surface area contributed by atoms with Gasteiger partial charge in [0.1, 0.15) is 24.6 Å². The van der Waals surface area contributed by atoms with E-state index in [1.807, 2.05) is 12.1 Å². The first-order chi connectivity index (χ1) is 16.8. The zero-order chi connectivity index (χ0) is 24.8. The summed E-state index contributed by atoms with van der Waals surface area (Å²) in [6, 6.07) is 15.9. The van der Waals surface area contributed by atoms with E-state index >= 15 is 0 Å². The van der Waals surface area contributed by atoms with Crippen LogP contribution < -0.4 is 10.0 Å². The van der Waals surface area contributed by atoms with E-state index in [2.05, 4.69) is 15.0 Å². The summed E-state index contributed by atoms with van der Waals surface area (Å²) in [5.41, 5.74) is 1.03. The van der Waals surface area contributed by atoms with Crippen molar-refractivity contribution >= 4 is 38.3 Å². The third kappa shape index (κ3) is 5.80. The van der Waals surface area contributed by atoms with Gasteiger partial charge in [-0.05, 0) is 30.3 Å². The number of carbonyl (C=O) groups excluding carboxylic acids is 1. The fourth-order valence-corrected chi connectivity index (χ4v) is 4.29. The molecule has 35 heavy (non-hydrogen) atoms. The Morgan fingerprint density at radius 2 is 1.94 bits per heavy atom. The molecule has 2 heterocycles. The molecule has 0 amide bonds. The molecular weight excluding hydrogens is 476 g/mol. The van der Waals surface area contributed by atoms with Crippen molar-refractivity contribution in [3.05, 3.63) is 94.6 Å². The zero-order valence-electron chi connectivity index (χ0n) is 18.2. The van der Waals surface area contributed by atoms with Gasteiger partial charge in [0.05, 0.1) is 28.1 Å². The van der Waals surface area contributed by atoms with Crippen molar-refractivity contribution in [2.24, 2.45) is 0 Å². The summed E-state index contributed by atoms with van der Waals surface area (Å²) in [5.74, 6) is -0.261. The van der Waals surface area contributed by atoms with Crippen LogP contribution in [0.4, 0.5) is 11.4 Å². The van der Waals surface area contributed by atoms with Gasteiger partial charge in [-0.15, -0.1) is 0 Å². The number of pyridine rings is 1. The lowest BCUT2D eigenvalue weighted by molar-refractivity contribution is -0.384. The molecule has 0 atom stereocenters. The molecule has 0 saturated heterocycles. The van der Waals surface area contributed by atoms with Crippen molar-refractivity contribution in [3.8, 4) is 0 Å². The summed E-state index contributed by atoms with van der Waals surface area (Å²) >= 11 is 0. The maximum Gasteiger partial charge on any atom is 0.321 e. The molecule has 0 unspecified atom stereocenters. The van der Waals surface area contributed by atoms with Gasteiger partial charge in [0.2, 0.25) is 10.0 Å². The molecule has 4 aromatic rings. The second-order valence-electron chi connectivity index (χ2n) is 7.35. The van der Waals surface area contributed by atoms with Crippen LogP contribution in [0, 0.1) is 10.1 Å². The summed E-state index contributed by atoms with van der Waals surface area (Å²) < 4.78 is 37.7. The maximum absolute atomic E-state index is 12.6. The number of ether oxygens (including phenoxy) is 1. The Kier molecular flexibility index (Phi) is 7.03. The van der Waals surface area contributed by atoms with Gasteiger partial charge in [0.25, 0.3) is 5.69 Å². The Morgan fingerprint density at radius 3 is 2.71 bits per heavy atom. The second kappa shape index (κ2) is 10.3. The lowest BCUT2D eigenvalue weighted by Crippen LogP contribution is -2.30. The first-order valence-corrected chi connectivity index (χ1v) is 11.8. The fraction of sp³-hybridized carbons (Fsp3) is 0.130. The molecule has 0 spiro atoms. The van der Waals surface area contributed by atoms with Crippen molar-refractivity contribution in [2.75, 3.05) is 11.9 Å². The SMILES string of the molecule is O=C(CNS(=O)(=O)c1ccc(NCc2ccco2)c([N+](=O)[O-])c1)OCc1cccc2cccnc12. The number of para-hydroxylation sites is 1. The summed E-state index contributed by atoms with van der Waals surface area (Å²) in [6.45, 7) is -0.556. The van der Waals surface area contributed by atoms with E-state index in [1.165, 1.54) is 18.4 Å². The monoisotopic (exact) mass is 496 g/mol. The zero-order valence-corrected chi connectivity index (χ0v) is 19.0. The molecule has 2 aromatic carbocycles. The van der Waals surface area contributed by atoms with Crippen molar-refractivity contribution < 1.29 is 27.3 Å². The topological polar surface area (TPSA) is 154 Å². The number of rotatable bonds is 10. The molecule has 2 aromatic heterocycles. The number of carbonyl (C=O) groups is 1. The van der Waals surface area contributed by atoms with Gasteiger partial charge in [-0.2, -0.15) is 4.72 Å². The third-order valence-electron chi connectivity index (χ3n) is 5.02. The predicted molar refractivity (Wildman–Crippen MR) is 126 cm³/mol. The molecule has 0 saturated carbocycles. The minimum absolute atomic E-state index is 0.0869. The third-order valence-corrected chi connectivity index (χ3v) is 6.42. The van der Waals surface area contributed by atoms with Crippen LogP contribution in [0.1, 0.15) is 11.3 Å². The number of nitrogens with zero attached hydrogens (tertiary/aromatic N) is 2. The van der Waals surface area contributed by atoms with Crippen LogP contribution in [0.2, 0.25) is 0 Å². The highest BCUT2D eigenvalue weighted by Gasteiger charge is 2.22. The van der Waals surface area contributed by atoms with Crippen LogP contribution in [0.5, 0.6) is 0 Å². The summed E-state index contributed by atoms with van der Waals surface area (Å²) in [6.07, 6.45) is 3.09. The molecule has 0 aliphatic heterocycles. The average Bonchev–Trinajstić information content (AvgIpc) is 3.38. The number of esters is 1. The van der Waals surface area contributed by atoms with Crippen molar-refractivity contribution in [3.63, 3.8) is 0 Å². The largest absolute Gasteiger partial charge is 0.467 e. The standard InChI is InChI=1S/C23H20N4O7S/c28-22(34-15-17-5-1-4-16-6-2-10-24-23(16)17)14-26-35(31,32)19-8-9-20(21(12-19)27(29)30)25-13-18-7-3-11-33-18/h1-12,25-26H,13-15H2. The van der Waals surface area contributed by atoms with E-state index < -0.39 is 33.1 Å². The average molecular weight is 497 g/mol. The van der Waals surface area contributed by atoms with Crippen molar-refractivity contribution in [1.29, 1.82) is 0 Å². The van der Waals surface area contributed by atoms with E-state index in [0.717, 1.165) is 11.5 Å². The van der Waals surface area contributed by atoms with Crippen LogP contribution in [-0.2, 0) is 32.7 Å². The molecule has 0 fully saturated rings. The second-order valence-corrected chi connectivity index (χ2v) is 9.11. The number of anilines is 1. The van der Waals surface area contributed by atoms with Crippen LogP contribution >= 0.6 is 0 Å². The van der Waals surface area contributed by atoms with Gasteiger partial charge in [0.15, 0.2) is 0 Å². The molecule has 0 aliphatic rings. The van der Waals surface area contributed by atoms with Gasteiger partial charge in [-0.3, -0.25) is 19.9 Å². The highest BCUT2D eigenvalue weighted by Crippen LogP contribution is 2.28. The Morgan fingerprint density at radius 1 is 1.11 bits per heavy atom. The lowest BCUT2D eigenvalue weighted by Gasteiger charge is -2.10. The minimum Gasteiger partial charge on any atom is -0.467 e. The number of nitro benzene ring substituents is 1. The van der Waals surface area contributed by atoms with Gasteiger partial charge in [-0.25, -0.2) is 8.42 Å². The normalized spacial score (nSPS) is 11.3. The van der Waals surface area contributed by atoms with E-state index in [1.54, 1.807) is 36.5 Å². The highest BCUT2D eigenvalue weighted by molar-refractivity contribution is 7.89.